The highest BCUT2D eigenvalue weighted by molar-refractivity contribution is 8.00. The average Bonchev–Trinajstić information content (AvgIpc) is 2.80. The molecule has 0 bridgehead atoms. The molecule has 0 saturated heterocycles. The first-order valence-corrected chi connectivity index (χ1v) is 10.5. The summed E-state index contributed by atoms with van der Waals surface area (Å²) in [6, 6.07) is 18.6. The second kappa shape index (κ2) is 9.00. The number of fused-ring (bicyclic) bond motifs is 1. The lowest BCUT2D eigenvalue weighted by atomic mass is 10.1. The van der Waals surface area contributed by atoms with E-state index in [-0.39, 0.29) is 11.8 Å². The molecule has 30 heavy (non-hydrogen) atoms. The Kier molecular flexibility index (Phi) is 5.99. The Morgan fingerprint density at radius 2 is 1.83 bits per heavy atom. The molecule has 0 atom stereocenters. The van der Waals surface area contributed by atoms with Gasteiger partial charge in [-0.15, -0.1) is 0 Å². The van der Waals surface area contributed by atoms with Gasteiger partial charge in [0.15, 0.2) is 0 Å². The molecule has 7 heteroatoms. The van der Waals surface area contributed by atoms with Gasteiger partial charge in [-0.25, -0.2) is 4.98 Å². The summed E-state index contributed by atoms with van der Waals surface area (Å²) in [5, 5.41) is 3.79. The van der Waals surface area contributed by atoms with E-state index in [4.69, 9.17) is 4.74 Å². The number of thioether (sulfide) groups is 1. The van der Waals surface area contributed by atoms with Crippen molar-refractivity contribution in [2.45, 2.75) is 18.1 Å². The van der Waals surface area contributed by atoms with Gasteiger partial charge < -0.3 is 15.0 Å². The molecule has 2 heterocycles. The van der Waals surface area contributed by atoms with E-state index in [9.17, 15) is 9.59 Å². The Balaban J connectivity index is 1.39. The van der Waals surface area contributed by atoms with E-state index >= 15 is 0 Å². The monoisotopic (exact) mass is 419 g/mol. The Morgan fingerprint density at radius 1 is 1.10 bits per heavy atom. The van der Waals surface area contributed by atoms with Crippen LogP contribution < -0.4 is 15.0 Å². The van der Waals surface area contributed by atoms with Crippen LogP contribution in [0, 0.1) is 0 Å². The highest BCUT2D eigenvalue weighted by Crippen LogP contribution is 2.34. The van der Waals surface area contributed by atoms with Gasteiger partial charge in [0.1, 0.15) is 10.8 Å². The standard InChI is InChI=1S/C23H21N3O3S/c1-29-19-10-6-16(7-11-19)13-25-22(28)18-8-4-17(5-9-18)14-26-20-3-2-12-24-23(20)30-15-21(26)27/h2-12H,13-15H2,1H3,(H,25,28). The van der Waals surface area contributed by atoms with Gasteiger partial charge in [0, 0.05) is 18.3 Å². The molecule has 6 nitrogen and oxygen atoms in total. The van der Waals surface area contributed by atoms with Crippen LogP contribution in [-0.4, -0.2) is 29.7 Å². The Bertz CT molecular complexity index is 1050. The molecule has 3 aromatic rings. The number of aromatic nitrogens is 1. The zero-order chi connectivity index (χ0) is 20.9. The maximum Gasteiger partial charge on any atom is 0.251 e. The molecule has 0 unspecified atom stereocenters. The smallest absolute Gasteiger partial charge is 0.251 e. The first kappa shape index (κ1) is 20.0. The number of rotatable bonds is 6. The molecule has 0 saturated carbocycles. The third-order valence-corrected chi connectivity index (χ3v) is 5.82. The lowest BCUT2D eigenvalue weighted by Crippen LogP contribution is -2.35. The zero-order valence-electron chi connectivity index (χ0n) is 16.5. The molecular weight excluding hydrogens is 398 g/mol. The number of benzene rings is 2. The summed E-state index contributed by atoms with van der Waals surface area (Å²) in [5.74, 6) is 1.08. The van der Waals surface area contributed by atoms with Crippen molar-refractivity contribution in [1.29, 1.82) is 0 Å². The highest BCUT2D eigenvalue weighted by atomic mass is 32.2. The van der Waals surface area contributed by atoms with Crippen LogP contribution in [0.5, 0.6) is 5.75 Å². The minimum Gasteiger partial charge on any atom is -0.497 e. The predicted octanol–water partition coefficient (Wildman–Crippen LogP) is 3.66. The predicted molar refractivity (Wildman–Crippen MR) is 117 cm³/mol. The number of anilines is 1. The van der Waals surface area contributed by atoms with Crippen molar-refractivity contribution in [2.24, 2.45) is 0 Å². The van der Waals surface area contributed by atoms with E-state index in [0.717, 1.165) is 27.6 Å². The molecule has 1 aliphatic rings. The van der Waals surface area contributed by atoms with Crippen molar-refractivity contribution >= 4 is 29.3 Å². The van der Waals surface area contributed by atoms with Crippen LogP contribution in [0.15, 0.2) is 71.9 Å². The van der Waals surface area contributed by atoms with Gasteiger partial charge in [-0.2, -0.15) is 0 Å². The second-order valence-corrected chi connectivity index (χ2v) is 7.79. The number of carbonyl (C=O) groups is 2. The molecule has 1 N–H and O–H groups in total. The number of amides is 2. The molecular formula is C23H21N3O3S. The molecule has 4 rings (SSSR count). The minimum atomic E-state index is -0.141. The average molecular weight is 420 g/mol. The molecule has 0 spiro atoms. The van der Waals surface area contributed by atoms with Gasteiger partial charge in [-0.05, 0) is 47.5 Å². The van der Waals surface area contributed by atoms with Crippen LogP contribution >= 0.6 is 11.8 Å². The number of pyridine rings is 1. The van der Waals surface area contributed by atoms with Gasteiger partial charge in [0.25, 0.3) is 5.91 Å². The third kappa shape index (κ3) is 4.46. The third-order valence-electron chi connectivity index (χ3n) is 4.84. The quantitative estimate of drug-likeness (QED) is 0.660. The molecule has 2 amide bonds. The SMILES string of the molecule is COc1ccc(CNC(=O)c2ccc(CN3C(=O)CSc4ncccc43)cc2)cc1. The fourth-order valence-electron chi connectivity index (χ4n) is 3.19. The fourth-order valence-corrected chi connectivity index (χ4v) is 4.06. The Labute approximate surface area is 179 Å². The Hall–Kier alpha value is -3.32. The first-order chi connectivity index (χ1) is 14.6. The van der Waals surface area contributed by atoms with Gasteiger partial charge in [0.05, 0.1) is 25.1 Å². The van der Waals surface area contributed by atoms with Crippen LogP contribution in [0.3, 0.4) is 0 Å². The summed E-state index contributed by atoms with van der Waals surface area (Å²) < 4.78 is 5.14. The summed E-state index contributed by atoms with van der Waals surface area (Å²) in [6.07, 6.45) is 1.74. The van der Waals surface area contributed by atoms with Crippen molar-refractivity contribution in [1.82, 2.24) is 10.3 Å². The van der Waals surface area contributed by atoms with E-state index in [1.54, 1.807) is 30.3 Å². The number of carbonyl (C=O) groups excluding carboxylic acids is 2. The summed E-state index contributed by atoms with van der Waals surface area (Å²) >= 11 is 1.46. The lowest BCUT2D eigenvalue weighted by Gasteiger charge is -2.28. The summed E-state index contributed by atoms with van der Waals surface area (Å²) in [4.78, 5) is 30.9. The molecule has 1 aromatic heterocycles. The normalized spacial score (nSPS) is 13.0. The topological polar surface area (TPSA) is 71.5 Å². The number of ether oxygens (including phenoxy) is 1. The molecule has 0 aliphatic carbocycles. The van der Waals surface area contributed by atoms with Crippen molar-refractivity contribution in [3.05, 3.63) is 83.6 Å². The van der Waals surface area contributed by atoms with Crippen LogP contribution in [0.2, 0.25) is 0 Å². The largest absolute Gasteiger partial charge is 0.497 e. The summed E-state index contributed by atoms with van der Waals surface area (Å²) in [6.45, 7) is 0.889. The van der Waals surface area contributed by atoms with Crippen LogP contribution in [-0.2, 0) is 17.9 Å². The number of nitrogens with zero attached hydrogens (tertiary/aromatic N) is 2. The molecule has 0 radical (unpaired) electrons. The van der Waals surface area contributed by atoms with Crippen molar-refractivity contribution in [3.63, 3.8) is 0 Å². The molecule has 1 aliphatic heterocycles. The second-order valence-electron chi connectivity index (χ2n) is 6.82. The Morgan fingerprint density at radius 3 is 2.57 bits per heavy atom. The summed E-state index contributed by atoms with van der Waals surface area (Å²) in [5.41, 5.74) is 3.36. The highest BCUT2D eigenvalue weighted by Gasteiger charge is 2.25. The van der Waals surface area contributed by atoms with E-state index in [2.05, 4.69) is 10.3 Å². The first-order valence-electron chi connectivity index (χ1n) is 9.52. The molecule has 152 valence electrons. The number of hydrogen-bond acceptors (Lipinski definition) is 5. The van der Waals surface area contributed by atoms with Crippen molar-refractivity contribution < 1.29 is 14.3 Å². The number of methoxy groups -OCH3 is 1. The lowest BCUT2D eigenvalue weighted by molar-refractivity contribution is -0.116. The summed E-state index contributed by atoms with van der Waals surface area (Å²) in [7, 11) is 1.62. The van der Waals surface area contributed by atoms with Crippen LogP contribution in [0.4, 0.5) is 5.69 Å². The molecule has 0 fully saturated rings. The van der Waals surface area contributed by atoms with E-state index < -0.39 is 0 Å². The minimum absolute atomic E-state index is 0.0572. The molecule has 2 aromatic carbocycles. The van der Waals surface area contributed by atoms with Crippen LogP contribution in [0.25, 0.3) is 0 Å². The zero-order valence-corrected chi connectivity index (χ0v) is 17.3. The number of hydrogen-bond donors (Lipinski definition) is 1. The number of nitrogens with one attached hydrogen (secondary N) is 1. The van der Waals surface area contributed by atoms with E-state index in [1.165, 1.54) is 11.8 Å². The van der Waals surface area contributed by atoms with E-state index in [0.29, 0.717) is 24.4 Å². The van der Waals surface area contributed by atoms with Crippen molar-refractivity contribution in [3.8, 4) is 5.75 Å². The van der Waals surface area contributed by atoms with Crippen LogP contribution in [0.1, 0.15) is 21.5 Å². The van der Waals surface area contributed by atoms with Gasteiger partial charge >= 0.3 is 0 Å². The van der Waals surface area contributed by atoms with Gasteiger partial charge in [0.2, 0.25) is 5.91 Å². The van der Waals surface area contributed by atoms with Crippen molar-refractivity contribution in [2.75, 3.05) is 17.8 Å². The van der Waals surface area contributed by atoms with Gasteiger partial charge in [-0.3, -0.25) is 9.59 Å². The van der Waals surface area contributed by atoms with E-state index in [1.807, 2.05) is 48.5 Å². The maximum atomic E-state index is 12.4. The maximum absolute atomic E-state index is 12.4. The van der Waals surface area contributed by atoms with Gasteiger partial charge in [-0.1, -0.05) is 36.0 Å². The fraction of sp³-hybridized carbons (Fsp3) is 0.174.